The van der Waals surface area contributed by atoms with Crippen molar-refractivity contribution in [3.05, 3.63) is 29.3 Å². The van der Waals surface area contributed by atoms with E-state index < -0.39 is 0 Å². The molecule has 1 heterocycles. The van der Waals surface area contributed by atoms with Crippen LogP contribution in [0.4, 0.5) is 10.5 Å². The van der Waals surface area contributed by atoms with Crippen molar-refractivity contribution in [2.24, 2.45) is 0 Å². The van der Waals surface area contributed by atoms with Crippen LogP contribution in [0.5, 0.6) is 0 Å². The maximum atomic E-state index is 12.6. The molecule has 1 saturated heterocycles. The minimum Gasteiger partial charge on any atom is -0.352 e. The maximum absolute atomic E-state index is 12.6. The van der Waals surface area contributed by atoms with Gasteiger partial charge < -0.3 is 15.5 Å². The summed E-state index contributed by atoms with van der Waals surface area (Å²) in [4.78, 5) is 26.7. The van der Waals surface area contributed by atoms with Crippen LogP contribution >= 0.6 is 11.6 Å². The standard InChI is InChI=1S/C18H24ClN3O2/c19-13-6-4-9-15(12-13)21-18(24)22-11-5-10-16(22)17(23)20-14-7-2-1-3-8-14/h4,6,9,12,14,16H,1-3,5,7-8,10-11H2,(H,20,23)(H,21,24)/t16-/m0/s1. The smallest absolute Gasteiger partial charge is 0.322 e. The van der Waals surface area contributed by atoms with Crippen molar-refractivity contribution in [1.29, 1.82) is 0 Å². The highest BCUT2D eigenvalue weighted by atomic mass is 35.5. The van der Waals surface area contributed by atoms with Crippen molar-refractivity contribution in [3.8, 4) is 0 Å². The average Bonchev–Trinajstić information content (AvgIpc) is 3.06. The lowest BCUT2D eigenvalue weighted by molar-refractivity contribution is -0.125. The Hall–Kier alpha value is -1.75. The van der Waals surface area contributed by atoms with Gasteiger partial charge in [-0.2, -0.15) is 0 Å². The van der Waals surface area contributed by atoms with E-state index in [2.05, 4.69) is 10.6 Å². The monoisotopic (exact) mass is 349 g/mol. The predicted octanol–water partition coefficient (Wildman–Crippen LogP) is 3.79. The second-order valence-corrected chi connectivity index (χ2v) is 7.07. The largest absolute Gasteiger partial charge is 0.352 e. The summed E-state index contributed by atoms with van der Waals surface area (Å²) in [5, 5.41) is 6.54. The second-order valence-electron chi connectivity index (χ2n) is 6.64. The highest BCUT2D eigenvalue weighted by Crippen LogP contribution is 2.22. The molecule has 0 aromatic heterocycles. The van der Waals surface area contributed by atoms with Crippen LogP contribution in [0, 0.1) is 0 Å². The number of nitrogens with zero attached hydrogens (tertiary/aromatic N) is 1. The van der Waals surface area contributed by atoms with Gasteiger partial charge in [-0.25, -0.2) is 4.79 Å². The molecular formula is C18H24ClN3O2. The van der Waals surface area contributed by atoms with Gasteiger partial charge in [-0.1, -0.05) is 36.9 Å². The van der Waals surface area contributed by atoms with Gasteiger partial charge in [0, 0.05) is 23.3 Å². The van der Waals surface area contributed by atoms with Crippen molar-refractivity contribution in [1.82, 2.24) is 10.2 Å². The first-order valence-corrected chi connectivity index (χ1v) is 9.15. The fourth-order valence-corrected chi connectivity index (χ4v) is 3.78. The number of halogens is 1. The normalized spacial score (nSPS) is 21.5. The van der Waals surface area contributed by atoms with Crippen LogP contribution in [0.15, 0.2) is 24.3 Å². The van der Waals surface area contributed by atoms with Gasteiger partial charge in [-0.3, -0.25) is 4.79 Å². The number of carbonyl (C=O) groups excluding carboxylic acids is 2. The highest BCUT2D eigenvalue weighted by molar-refractivity contribution is 6.30. The third-order valence-electron chi connectivity index (χ3n) is 4.84. The number of benzene rings is 1. The van der Waals surface area contributed by atoms with Crippen LogP contribution in [0.3, 0.4) is 0 Å². The van der Waals surface area contributed by atoms with Gasteiger partial charge in [0.15, 0.2) is 0 Å². The summed E-state index contributed by atoms with van der Waals surface area (Å²) in [5.41, 5.74) is 0.644. The molecule has 130 valence electrons. The zero-order valence-corrected chi connectivity index (χ0v) is 14.5. The lowest BCUT2D eigenvalue weighted by Gasteiger charge is -2.28. The molecule has 6 heteroatoms. The summed E-state index contributed by atoms with van der Waals surface area (Å²) in [7, 11) is 0. The van der Waals surface area contributed by atoms with Gasteiger partial charge in [0.25, 0.3) is 0 Å². The van der Waals surface area contributed by atoms with Gasteiger partial charge in [-0.15, -0.1) is 0 Å². The zero-order valence-electron chi connectivity index (χ0n) is 13.8. The Kier molecular flexibility index (Phi) is 5.61. The van der Waals surface area contributed by atoms with Crippen LogP contribution in [0.25, 0.3) is 0 Å². The third kappa shape index (κ3) is 4.20. The third-order valence-corrected chi connectivity index (χ3v) is 5.08. The summed E-state index contributed by atoms with van der Waals surface area (Å²) in [6.45, 7) is 0.606. The Bertz CT molecular complexity index is 602. The van der Waals surface area contributed by atoms with E-state index in [4.69, 9.17) is 11.6 Å². The second kappa shape index (κ2) is 7.88. The first kappa shape index (κ1) is 17.1. The molecule has 5 nitrogen and oxygen atoms in total. The molecule has 0 unspecified atom stereocenters. The van der Waals surface area contributed by atoms with E-state index in [0.29, 0.717) is 17.3 Å². The van der Waals surface area contributed by atoms with Crippen molar-refractivity contribution in [3.63, 3.8) is 0 Å². The Labute approximate surface area is 147 Å². The lowest BCUT2D eigenvalue weighted by Crippen LogP contribution is -2.50. The molecule has 1 saturated carbocycles. The first-order valence-electron chi connectivity index (χ1n) is 8.77. The SMILES string of the molecule is O=C(NC1CCCCC1)[C@@H]1CCCN1C(=O)Nc1cccc(Cl)c1. The number of hydrogen-bond acceptors (Lipinski definition) is 2. The van der Waals surface area contributed by atoms with Gasteiger partial charge in [0.1, 0.15) is 6.04 Å². The van der Waals surface area contributed by atoms with Crippen LogP contribution in [-0.2, 0) is 4.79 Å². The first-order chi connectivity index (χ1) is 11.6. The topological polar surface area (TPSA) is 61.4 Å². The summed E-state index contributed by atoms with van der Waals surface area (Å²) in [6.07, 6.45) is 7.28. The number of hydrogen-bond donors (Lipinski definition) is 2. The Balaban J connectivity index is 1.59. The highest BCUT2D eigenvalue weighted by Gasteiger charge is 2.35. The number of anilines is 1. The minimum atomic E-state index is -0.369. The maximum Gasteiger partial charge on any atom is 0.322 e. The van der Waals surface area contributed by atoms with Gasteiger partial charge in [0.2, 0.25) is 5.91 Å². The van der Waals surface area contributed by atoms with Gasteiger partial charge in [-0.05, 0) is 43.9 Å². The van der Waals surface area contributed by atoms with Gasteiger partial charge >= 0.3 is 6.03 Å². The van der Waals surface area contributed by atoms with Crippen LogP contribution in [0.1, 0.15) is 44.9 Å². The molecular weight excluding hydrogens is 326 g/mol. The van der Waals surface area contributed by atoms with E-state index in [1.165, 1.54) is 19.3 Å². The summed E-state index contributed by atoms with van der Waals surface area (Å²) >= 11 is 5.95. The zero-order chi connectivity index (χ0) is 16.9. The molecule has 24 heavy (non-hydrogen) atoms. The van der Waals surface area contributed by atoms with E-state index in [1.807, 2.05) is 0 Å². The molecule has 1 aromatic rings. The molecule has 3 amide bonds. The molecule has 0 spiro atoms. The number of nitrogens with one attached hydrogen (secondary N) is 2. The quantitative estimate of drug-likeness (QED) is 0.872. The number of likely N-dealkylation sites (tertiary alicyclic amines) is 1. The summed E-state index contributed by atoms with van der Waals surface area (Å²) < 4.78 is 0. The van der Waals surface area contributed by atoms with E-state index in [1.54, 1.807) is 29.2 Å². The molecule has 2 aliphatic rings. The molecule has 1 aromatic carbocycles. The van der Waals surface area contributed by atoms with Crippen molar-refractivity contribution >= 4 is 29.2 Å². The van der Waals surface area contributed by atoms with Crippen LogP contribution in [0.2, 0.25) is 5.02 Å². The summed E-state index contributed by atoms with van der Waals surface area (Å²) in [6, 6.07) is 6.70. The molecule has 2 N–H and O–H groups in total. The Morgan fingerprint density at radius 2 is 1.88 bits per heavy atom. The fraction of sp³-hybridized carbons (Fsp3) is 0.556. The molecule has 1 aliphatic heterocycles. The van der Waals surface area contributed by atoms with Gasteiger partial charge in [0.05, 0.1) is 0 Å². The van der Waals surface area contributed by atoms with Crippen molar-refractivity contribution in [2.75, 3.05) is 11.9 Å². The number of urea groups is 1. The van der Waals surface area contributed by atoms with Crippen LogP contribution < -0.4 is 10.6 Å². The minimum absolute atomic E-state index is 0.0133. The van der Waals surface area contributed by atoms with E-state index in [-0.39, 0.29) is 24.0 Å². The van der Waals surface area contributed by atoms with Crippen LogP contribution in [-0.4, -0.2) is 35.5 Å². The average molecular weight is 350 g/mol. The number of amides is 3. The predicted molar refractivity (Wildman–Crippen MR) is 95.2 cm³/mol. The Morgan fingerprint density at radius 1 is 1.08 bits per heavy atom. The van der Waals surface area contributed by atoms with E-state index in [0.717, 1.165) is 25.7 Å². The molecule has 1 atom stereocenters. The molecule has 2 fully saturated rings. The molecule has 1 aliphatic carbocycles. The van der Waals surface area contributed by atoms with Crippen molar-refractivity contribution < 1.29 is 9.59 Å². The lowest BCUT2D eigenvalue weighted by atomic mass is 9.95. The summed E-state index contributed by atoms with van der Waals surface area (Å²) in [5.74, 6) is -0.0133. The molecule has 3 rings (SSSR count). The Morgan fingerprint density at radius 3 is 2.62 bits per heavy atom. The van der Waals surface area contributed by atoms with Crippen molar-refractivity contribution in [2.45, 2.75) is 57.0 Å². The fourth-order valence-electron chi connectivity index (χ4n) is 3.59. The molecule has 0 bridgehead atoms. The van der Waals surface area contributed by atoms with E-state index in [9.17, 15) is 9.59 Å². The number of carbonyl (C=O) groups is 2. The molecule has 0 radical (unpaired) electrons. The number of rotatable bonds is 3. The van der Waals surface area contributed by atoms with E-state index >= 15 is 0 Å².